The second kappa shape index (κ2) is 7.92. The maximum Gasteiger partial charge on any atom is 0.356 e. The van der Waals surface area contributed by atoms with Crippen LogP contribution in [0, 0.1) is 0 Å². The predicted molar refractivity (Wildman–Crippen MR) is 108 cm³/mol. The maximum atomic E-state index is 11.8. The van der Waals surface area contributed by atoms with E-state index in [9.17, 15) is 9.90 Å². The maximum absolute atomic E-state index is 11.8. The number of carbonyl (C=O) groups is 1. The van der Waals surface area contributed by atoms with Crippen molar-refractivity contribution in [1.29, 1.82) is 0 Å². The molecule has 0 atom stereocenters. The van der Waals surface area contributed by atoms with Crippen LogP contribution in [0.25, 0.3) is 16.9 Å². The van der Waals surface area contributed by atoms with Crippen LogP contribution in [0.1, 0.15) is 16.1 Å². The summed E-state index contributed by atoms with van der Waals surface area (Å²) in [6.45, 7) is 0. The average molecular weight is 428 g/mol. The highest BCUT2D eigenvalue weighted by Crippen LogP contribution is 2.35. The molecule has 0 aliphatic heterocycles. The Morgan fingerprint density at radius 1 is 1.12 bits per heavy atom. The topological polar surface area (TPSA) is 55.1 Å². The number of nitrogens with zero attached hydrogens (tertiary/aromatic N) is 2. The van der Waals surface area contributed by atoms with Gasteiger partial charge in [-0.3, -0.25) is 0 Å². The molecule has 0 fully saturated rings. The Bertz CT molecular complexity index is 971. The molecule has 2 aromatic carbocycles. The Labute approximate surface area is 169 Å². The number of rotatable bonds is 5. The molecule has 134 valence electrons. The van der Waals surface area contributed by atoms with Crippen LogP contribution < -0.4 is 0 Å². The van der Waals surface area contributed by atoms with Gasteiger partial charge in [-0.1, -0.05) is 46.9 Å². The summed E-state index contributed by atoms with van der Waals surface area (Å²) >= 11 is 19.9. The summed E-state index contributed by atoms with van der Waals surface area (Å²) in [4.78, 5) is 11.8. The summed E-state index contributed by atoms with van der Waals surface area (Å²) in [5.74, 6) is -0.599. The lowest BCUT2D eigenvalue weighted by molar-refractivity contribution is 0.0689. The van der Waals surface area contributed by atoms with E-state index in [4.69, 9.17) is 34.8 Å². The third-order valence-electron chi connectivity index (χ3n) is 3.73. The first-order valence-corrected chi connectivity index (χ1v) is 10.0. The lowest BCUT2D eigenvalue weighted by Crippen LogP contribution is -2.03. The van der Waals surface area contributed by atoms with E-state index >= 15 is 0 Å². The van der Waals surface area contributed by atoms with Gasteiger partial charge < -0.3 is 5.11 Å². The second-order valence-electron chi connectivity index (χ2n) is 5.43. The van der Waals surface area contributed by atoms with E-state index < -0.39 is 5.97 Å². The monoisotopic (exact) mass is 426 g/mol. The van der Waals surface area contributed by atoms with Crippen LogP contribution in [-0.4, -0.2) is 27.1 Å². The average Bonchev–Trinajstić information content (AvgIpc) is 2.95. The van der Waals surface area contributed by atoms with E-state index in [0.717, 1.165) is 5.56 Å². The molecule has 8 heteroatoms. The molecule has 0 bridgehead atoms. The van der Waals surface area contributed by atoms with Gasteiger partial charge in [0.2, 0.25) is 0 Å². The highest BCUT2D eigenvalue weighted by atomic mass is 35.5. The summed E-state index contributed by atoms with van der Waals surface area (Å²) in [6, 6.07) is 12.2. The zero-order chi connectivity index (χ0) is 18.8. The molecular weight excluding hydrogens is 415 g/mol. The van der Waals surface area contributed by atoms with Crippen LogP contribution in [0.4, 0.5) is 0 Å². The molecule has 26 heavy (non-hydrogen) atoms. The largest absolute Gasteiger partial charge is 0.476 e. The van der Waals surface area contributed by atoms with Crippen molar-refractivity contribution in [1.82, 2.24) is 9.78 Å². The van der Waals surface area contributed by atoms with Gasteiger partial charge in [-0.2, -0.15) is 16.9 Å². The van der Waals surface area contributed by atoms with E-state index in [1.807, 2.05) is 18.4 Å². The molecular formula is C18H13Cl3N2O2S. The highest BCUT2D eigenvalue weighted by molar-refractivity contribution is 7.97. The van der Waals surface area contributed by atoms with Gasteiger partial charge in [0, 0.05) is 26.9 Å². The number of thioether (sulfide) groups is 1. The molecule has 0 unspecified atom stereocenters. The van der Waals surface area contributed by atoms with Crippen molar-refractivity contribution in [2.24, 2.45) is 0 Å². The molecule has 0 aliphatic carbocycles. The predicted octanol–water partition coefficient (Wildman–Crippen LogP) is 6.06. The summed E-state index contributed by atoms with van der Waals surface area (Å²) < 4.78 is 1.55. The minimum atomic E-state index is -1.09. The lowest BCUT2D eigenvalue weighted by atomic mass is 10.1. The summed E-state index contributed by atoms with van der Waals surface area (Å²) in [5.41, 5.74) is 2.63. The Kier molecular flexibility index (Phi) is 5.82. The smallest absolute Gasteiger partial charge is 0.356 e. The molecule has 3 rings (SSSR count). The molecule has 4 nitrogen and oxygen atoms in total. The van der Waals surface area contributed by atoms with Crippen LogP contribution in [0.15, 0.2) is 42.5 Å². The minimum Gasteiger partial charge on any atom is -0.476 e. The van der Waals surface area contributed by atoms with E-state index in [2.05, 4.69) is 5.10 Å². The first-order valence-electron chi connectivity index (χ1n) is 7.48. The normalized spacial score (nSPS) is 10.9. The molecule has 0 saturated carbocycles. The van der Waals surface area contributed by atoms with Crippen LogP contribution in [0.5, 0.6) is 0 Å². The van der Waals surface area contributed by atoms with Gasteiger partial charge in [-0.05, 0) is 36.6 Å². The lowest BCUT2D eigenvalue weighted by Gasteiger charge is -2.11. The Morgan fingerprint density at radius 3 is 2.35 bits per heavy atom. The van der Waals surface area contributed by atoms with Crippen molar-refractivity contribution >= 4 is 52.5 Å². The first-order chi connectivity index (χ1) is 12.4. The Morgan fingerprint density at radius 2 is 1.77 bits per heavy atom. The van der Waals surface area contributed by atoms with Crippen molar-refractivity contribution in [2.75, 3.05) is 6.26 Å². The number of benzene rings is 2. The summed E-state index contributed by atoms with van der Waals surface area (Å²) in [6.07, 6.45) is 1.91. The van der Waals surface area contributed by atoms with Crippen molar-refractivity contribution in [2.45, 2.75) is 5.75 Å². The van der Waals surface area contributed by atoms with Crippen molar-refractivity contribution < 1.29 is 9.90 Å². The first kappa shape index (κ1) is 19.1. The fraction of sp³-hybridized carbons (Fsp3) is 0.111. The number of hydrogen-bond donors (Lipinski definition) is 1. The zero-order valence-electron chi connectivity index (χ0n) is 13.5. The van der Waals surface area contributed by atoms with Crippen LogP contribution in [-0.2, 0) is 5.75 Å². The molecule has 0 saturated heterocycles. The highest BCUT2D eigenvalue weighted by Gasteiger charge is 2.25. The number of carboxylic acid groups (broad SMARTS) is 1. The SMILES string of the molecule is CSCc1c(C(=O)O)nn(-c2ccc(Cl)cc2Cl)c1-c1ccc(Cl)cc1. The third-order valence-corrected chi connectivity index (χ3v) is 5.10. The molecule has 3 aromatic rings. The molecule has 1 aromatic heterocycles. The van der Waals surface area contributed by atoms with Gasteiger partial charge in [0.05, 0.1) is 16.4 Å². The number of aromatic carboxylic acids is 1. The van der Waals surface area contributed by atoms with Crippen LogP contribution >= 0.6 is 46.6 Å². The molecule has 0 amide bonds. The van der Waals surface area contributed by atoms with Gasteiger partial charge in [0.15, 0.2) is 5.69 Å². The quantitative estimate of drug-likeness (QED) is 0.537. The molecule has 0 spiro atoms. The van der Waals surface area contributed by atoms with Crippen molar-refractivity contribution in [3.05, 3.63) is 68.8 Å². The van der Waals surface area contributed by atoms with Gasteiger partial charge >= 0.3 is 5.97 Å². The summed E-state index contributed by atoms with van der Waals surface area (Å²) in [7, 11) is 0. The fourth-order valence-electron chi connectivity index (χ4n) is 2.63. The minimum absolute atomic E-state index is 0.00434. The Hall–Kier alpha value is -1.66. The van der Waals surface area contributed by atoms with Gasteiger partial charge in [-0.15, -0.1) is 0 Å². The molecule has 1 heterocycles. The van der Waals surface area contributed by atoms with Crippen molar-refractivity contribution in [3.8, 4) is 16.9 Å². The third kappa shape index (κ3) is 3.71. The van der Waals surface area contributed by atoms with E-state index in [-0.39, 0.29) is 5.69 Å². The number of carboxylic acids is 1. The van der Waals surface area contributed by atoms with E-state index in [1.165, 1.54) is 11.8 Å². The van der Waals surface area contributed by atoms with Gasteiger partial charge in [-0.25, -0.2) is 9.48 Å². The van der Waals surface area contributed by atoms with Gasteiger partial charge in [0.25, 0.3) is 0 Å². The zero-order valence-corrected chi connectivity index (χ0v) is 16.6. The number of halogens is 3. The molecule has 1 N–H and O–H groups in total. The fourth-order valence-corrected chi connectivity index (χ4v) is 3.81. The molecule has 0 radical (unpaired) electrons. The molecule has 0 aliphatic rings. The number of hydrogen-bond acceptors (Lipinski definition) is 3. The van der Waals surface area contributed by atoms with Crippen LogP contribution in [0.2, 0.25) is 15.1 Å². The van der Waals surface area contributed by atoms with E-state index in [1.54, 1.807) is 35.0 Å². The number of aromatic nitrogens is 2. The van der Waals surface area contributed by atoms with Crippen LogP contribution in [0.3, 0.4) is 0 Å². The summed E-state index contributed by atoms with van der Waals surface area (Å²) in [5, 5.41) is 15.4. The van der Waals surface area contributed by atoms with E-state index in [0.29, 0.717) is 37.8 Å². The van der Waals surface area contributed by atoms with Crippen molar-refractivity contribution in [3.63, 3.8) is 0 Å². The Balaban J connectivity index is 2.33. The standard InChI is InChI=1S/C18H13Cl3N2O2S/c1-26-9-13-16(18(24)25)22-23(15-7-6-12(20)8-14(15)21)17(13)10-2-4-11(19)5-3-10/h2-8H,9H2,1H3,(H,24,25). The van der Waals surface area contributed by atoms with Gasteiger partial charge in [0.1, 0.15) is 0 Å². The second-order valence-corrected chi connectivity index (χ2v) is 7.57.